The molecule has 0 saturated carbocycles. The number of benzene rings is 1. The van der Waals surface area contributed by atoms with E-state index in [1.54, 1.807) is 0 Å². The van der Waals surface area contributed by atoms with E-state index in [-0.39, 0.29) is 0 Å². The Bertz CT molecular complexity index is 773. The van der Waals surface area contributed by atoms with Gasteiger partial charge in [-0.2, -0.15) is 0 Å². The summed E-state index contributed by atoms with van der Waals surface area (Å²) in [6.07, 6.45) is 0. The molecule has 0 radical (unpaired) electrons. The van der Waals surface area contributed by atoms with Gasteiger partial charge in [-0.15, -0.1) is 11.6 Å². The van der Waals surface area contributed by atoms with Crippen LogP contribution < -0.4 is 0 Å². The molecule has 0 atom stereocenters. The maximum atomic E-state index is 6.37. The summed E-state index contributed by atoms with van der Waals surface area (Å²) in [6.45, 7) is 3.97. The maximum Gasteiger partial charge on any atom is 0.165 e. The van der Waals surface area contributed by atoms with E-state index in [0.29, 0.717) is 10.9 Å². The molecular formula is C15H13Cl2N3. The summed E-state index contributed by atoms with van der Waals surface area (Å²) >= 11 is 12.4. The number of nitrogens with zero attached hydrogens (tertiary/aromatic N) is 3. The SMILES string of the molecule is Cc1ccc2nc(CCl)n(-c3c(C)cccc3Cl)c2n1. The van der Waals surface area contributed by atoms with E-state index in [1.807, 2.05) is 48.7 Å². The molecule has 1 aromatic carbocycles. The van der Waals surface area contributed by atoms with Crippen LogP contribution in [-0.2, 0) is 5.88 Å². The Kier molecular flexibility index (Phi) is 3.40. The van der Waals surface area contributed by atoms with Crippen molar-refractivity contribution < 1.29 is 0 Å². The number of aryl methyl sites for hydroxylation is 2. The first-order chi connectivity index (χ1) is 9.61. The molecular weight excluding hydrogens is 293 g/mol. The monoisotopic (exact) mass is 305 g/mol. The number of para-hydroxylation sites is 1. The van der Waals surface area contributed by atoms with Gasteiger partial charge in [-0.1, -0.05) is 23.7 Å². The highest BCUT2D eigenvalue weighted by atomic mass is 35.5. The fourth-order valence-corrected chi connectivity index (χ4v) is 2.82. The van der Waals surface area contributed by atoms with E-state index < -0.39 is 0 Å². The quantitative estimate of drug-likeness (QED) is 0.656. The third-order valence-electron chi connectivity index (χ3n) is 3.24. The van der Waals surface area contributed by atoms with Crippen molar-refractivity contribution in [1.29, 1.82) is 0 Å². The van der Waals surface area contributed by atoms with Crippen LogP contribution in [0.3, 0.4) is 0 Å². The number of halogens is 2. The standard InChI is InChI=1S/C15H13Cl2N3/c1-9-4-3-5-11(17)14(9)20-13(8-16)19-12-7-6-10(2)18-15(12)20/h3-7H,8H2,1-2H3. The lowest BCUT2D eigenvalue weighted by Gasteiger charge is -2.12. The van der Waals surface area contributed by atoms with Crippen molar-refractivity contribution in [2.45, 2.75) is 19.7 Å². The highest BCUT2D eigenvalue weighted by Gasteiger charge is 2.16. The van der Waals surface area contributed by atoms with E-state index in [4.69, 9.17) is 23.2 Å². The van der Waals surface area contributed by atoms with Crippen LogP contribution >= 0.6 is 23.2 Å². The lowest BCUT2D eigenvalue weighted by atomic mass is 10.2. The molecule has 102 valence electrons. The summed E-state index contributed by atoms with van der Waals surface area (Å²) < 4.78 is 1.95. The van der Waals surface area contributed by atoms with Gasteiger partial charge in [0, 0.05) is 5.69 Å². The van der Waals surface area contributed by atoms with E-state index in [2.05, 4.69) is 9.97 Å². The van der Waals surface area contributed by atoms with Crippen LogP contribution in [0.4, 0.5) is 0 Å². The van der Waals surface area contributed by atoms with Crippen molar-refractivity contribution in [3.8, 4) is 5.69 Å². The molecule has 0 amide bonds. The Balaban J connectivity index is 2.42. The number of fused-ring (bicyclic) bond motifs is 1. The van der Waals surface area contributed by atoms with Gasteiger partial charge < -0.3 is 0 Å². The number of rotatable bonds is 2. The fraction of sp³-hybridized carbons (Fsp3) is 0.200. The summed E-state index contributed by atoms with van der Waals surface area (Å²) in [7, 11) is 0. The molecule has 0 bridgehead atoms. The Morgan fingerprint density at radius 2 is 1.90 bits per heavy atom. The predicted octanol–water partition coefficient (Wildman–Crippen LogP) is 4.43. The van der Waals surface area contributed by atoms with Gasteiger partial charge in [-0.05, 0) is 37.6 Å². The molecule has 3 aromatic rings. The minimum Gasteiger partial charge on any atom is -0.278 e. The summed E-state index contributed by atoms with van der Waals surface area (Å²) in [5, 5.41) is 0.666. The summed E-state index contributed by atoms with van der Waals surface area (Å²) in [5.41, 5.74) is 4.50. The molecule has 2 aromatic heterocycles. The molecule has 0 spiro atoms. The van der Waals surface area contributed by atoms with Gasteiger partial charge in [0.05, 0.1) is 16.6 Å². The van der Waals surface area contributed by atoms with E-state index in [1.165, 1.54) is 0 Å². The molecule has 0 unspecified atom stereocenters. The number of aromatic nitrogens is 3. The van der Waals surface area contributed by atoms with Gasteiger partial charge in [-0.25, -0.2) is 9.97 Å². The second kappa shape index (κ2) is 5.08. The topological polar surface area (TPSA) is 30.7 Å². The summed E-state index contributed by atoms with van der Waals surface area (Å²) in [4.78, 5) is 9.13. The molecule has 0 aliphatic heterocycles. The van der Waals surface area contributed by atoms with Gasteiger partial charge in [0.1, 0.15) is 11.3 Å². The van der Waals surface area contributed by atoms with Crippen LogP contribution in [-0.4, -0.2) is 14.5 Å². The number of hydrogen-bond donors (Lipinski definition) is 0. The molecule has 0 aliphatic carbocycles. The van der Waals surface area contributed by atoms with Crippen LogP contribution in [0, 0.1) is 13.8 Å². The van der Waals surface area contributed by atoms with Crippen molar-refractivity contribution in [1.82, 2.24) is 14.5 Å². The minimum absolute atomic E-state index is 0.306. The van der Waals surface area contributed by atoms with E-state index >= 15 is 0 Å². The van der Waals surface area contributed by atoms with Crippen molar-refractivity contribution in [2.75, 3.05) is 0 Å². The molecule has 3 rings (SSSR count). The van der Waals surface area contributed by atoms with Crippen LogP contribution in [0.1, 0.15) is 17.1 Å². The summed E-state index contributed by atoms with van der Waals surface area (Å²) in [6, 6.07) is 9.71. The van der Waals surface area contributed by atoms with E-state index in [0.717, 1.165) is 33.9 Å². The third-order valence-corrected chi connectivity index (χ3v) is 3.79. The van der Waals surface area contributed by atoms with Crippen LogP contribution in [0.5, 0.6) is 0 Å². The Morgan fingerprint density at radius 3 is 2.60 bits per heavy atom. The number of hydrogen-bond acceptors (Lipinski definition) is 2. The largest absolute Gasteiger partial charge is 0.278 e. The fourth-order valence-electron chi connectivity index (χ4n) is 2.33. The van der Waals surface area contributed by atoms with Crippen molar-refractivity contribution in [3.05, 3.63) is 52.4 Å². The van der Waals surface area contributed by atoms with Crippen LogP contribution in [0.25, 0.3) is 16.9 Å². The second-order valence-corrected chi connectivity index (χ2v) is 5.37. The molecule has 0 fully saturated rings. The van der Waals surface area contributed by atoms with Gasteiger partial charge in [0.15, 0.2) is 5.65 Å². The average Bonchev–Trinajstić information content (AvgIpc) is 2.77. The molecule has 0 N–H and O–H groups in total. The smallest absolute Gasteiger partial charge is 0.165 e. The van der Waals surface area contributed by atoms with Crippen molar-refractivity contribution >= 4 is 34.4 Å². The molecule has 3 nitrogen and oxygen atoms in total. The molecule has 2 heterocycles. The van der Waals surface area contributed by atoms with Gasteiger partial charge in [-0.3, -0.25) is 4.57 Å². The number of alkyl halides is 1. The Morgan fingerprint density at radius 1 is 1.10 bits per heavy atom. The molecule has 0 aliphatic rings. The highest BCUT2D eigenvalue weighted by molar-refractivity contribution is 6.32. The Hall–Kier alpha value is -1.58. The first kappa shape index (κ1) is 13.4. The third kappa shape index (κ3) is 2.07. The average molecular weight is 306 g/mol. The lowest BCUT2D eigenvalue weighted by molar-refractivity contribution is 0.958. The first-order valence-electron chi connectivity index (χ1n) is 6.28. The predicted molar refractivity (Wildman–Crippen MR) is 82.9 cm³/mol. The number of pyridine rings is 1. The zero-order valence-corrected chi connectivity index (χ0v) is 12.7. The van der Waals surface area contributed by atoms with Gasteiger partial charge in [0.2, 0.25) is 0 Å². The maximum absolute atomic E-state index is 6.37. The van der Waals surface area contributed by atoms with E-state index in [9.17, 15) is 0 Å². The minimum atomic E-state index is 0.306. The number of imidazole rings is 1. The summed E-state index contributed by atoms with van der Waals surface area (Å²) in [5.74, 6) is 1.05. The molecule has 5 heteroatoms. The van der Waals surface area contributed by atoms with Crippen LogP contribution in [0.2, 0.25) is 5.02 Å². The van der Waals surface area contributed by atoms with Crippen LogP contribution in [0.15, 0.2) is 30.3 Å². The van der Waals surface area contributed by atoms with Gasteiger partial charge in [0.25, 0.3) is 0 Å². The highest BCUT2D eigenvalue weighted by Crippen LogP contribution is 2.29. The lowest BCUT2D eigenvalue weighted by Crippen LogP contribution is -2.03. The zero-order valence-electron chi connectivity index (χ0n) is 11.2. The second-order valence-electron chi connectivity index (χ2n) is 4.70. The molecule has 20 heavy (non-hydrogen) atoms. The normalized spacial score (nSPS) is 11.2. The Labute approximate surface area is 127 Å². The molecule has 0 saturated heterocycles. The first-order valence-corrected chi connectivity index (χ1v) is 7.19. The van der Waals surface area contributed by atoms with Gasteiger partial charge >= 0.3 is 0 Å². The van der Waals surface area contributed by atoms with Crippen molar-refractivity contribution in [3.63, 3.8) is 0 Å². The van der Waals surface area contributed by atoms with Crippen molar-refractivity contribution in [2.24, 2.45) is 0 Å². The zero-order chi connectivity index (χ0) is 14.3.